The van der Waals surface area contributed by atoms with Crippen molar-refractivity contribution >= 4 is 11.7 Å². The van der Waals surface area contributed by atoms with Crippen molar-refractivity contribution in [1.82, 2.24) is 4.90 Å². The highest BCUT2D eigenvalue weighted by molar-refractivity contribution is 6.10. The van der Waals surface area contributed by atoms with E-state index in [1.165, 1.54) is 5.57 Å². The van der Waals surface area contributed by atoms with Crippen LogP contribution >= 0.6 is 0 Å². The maximum atomic E-state index is 8.58. The van der Waals surface area contributed by atoms with Gasteiger partial charge in [0.05, 0.1) is 0 Å². The van der Waals surface area contributed by atoms with Crippen molar-refractivity contribution in [1.29, 1.82) is 5.41 Å². The van der Waals surface area contributed by atoms with Crippen LogP contribution in [-0.4, -0.2) is 29.7 Å². The topological polar surface area (TPSA) is 39.5 Å². The van der Waals surface area contributed by atoms with Crippen molar-refractivity contribution in [3.8, 4) is 0 Å². The lowest BCUT2D eigenvalue weighted by molar-refractivity contribution is 0.330. The van der Waals surface area contributed by atoms with Crippen LogP contribution in [0.4, 0.5) is 0 Å². The molecule has 1 N–H and O–H groups in total. The monoisotopic (exact) mass is 403 g/mol. The van der Waals surface area contributed by atoms with Crippen LogP contribution < -0.4 is 0 Å². The fourth-order valence-corrected chi connectivity index (χ4v) is 3.62. The normalized spacial score (nSPS) is 13.8. The van der Waals surface area contributed by atoms with Crippen molar-refractivity contribution in [3.05, 3.63) is 83.4 Å². The van der Waals surface area contributed by atoms with Gasteiger partial charge in [0, 0.05) is 24.2 Å². The van der Waals surface area contributed by atoms with E-state index in [2.05, 4.69) is 64.8 Å². The maximum Gasteiger partial charge on any atom is 0.154 e. The molecule has 0 aliphatic rings. The Kier molecular flexibility index (Phi) is 8.58. The van der Waals surface area contributed by atoms with Crippen molar-refractivity contribution in [2.24, 2.45) is 10.4 Å². The van der Waals surface area contributed by atoms with E-state index in [1.807, 2.05) is 48.5 Å². The van der Waals surface area contributed by atoms with Crippen molar-refractivity contribution in [3.63, 3.8) is 0 Å². The first-order chi connectivity index (χ1) is 14.3. The summed E-state index contributed by atoms with van der Waals surface area (Å²) in [5.41, 5.74) is 3.49. The lowest BCUT2D eigenvalue weighted by atomic mass is 9.81. The fraction of sp³-hybridized carbons (Fsp3) is 0.407. The lowest BCUT2D eigenvalue weighted by Crippen LogP contribution is -2.39. The van der Waals surface area contributed by atoms with E-state index >= 15 is 0 Å². The Morgan fingerprint density at radius 2 is 1.50 bits per heavy atom. The molecule has 0 aromatic heterocycles. The molecule has 160 valence electrons. The highest BCUT2D eigenvalue weighted by atomic mass is 15.2. The summed E-state index contributed by atoms with van der Waals surface area (Å²) in [6.07, 6.45) is 5.43. The molecule has 0 heterocycles. The number of hydrogen-bond donors (Lipinski definition) is 1. The predicted molar refractivity (Wildman–Crippen MR) is 131 cm³/mol. The van der Waals surface area contributed by atoms with E-state index in [0.717, 1.165) is 36.2 Å². The Morgan fingerprint density at radius 3 is 1.97 bits per heavy atom. The maximum absolute atomic E-state index is 8.58. The van der Waals surface area contributed by atoms with Gasteiger partial charge in [-0.05, 0) is 24.7 Å². The Bertz CT molecular complexity index is 858. The summed E-state index contributed by atoms with van der Waals surface area (Å²) in [4.78, 5) is 7.07. The van der Waals surface area contributed by atoms with Crippen LogP contribution in [-0.2, 0) is 0 Å². The van der Waals surface area contributed by atoms with Crippen LogP contribution in [0.25, 0.3) is 0 Å². The second-order valence-corrected chi connectivity index (χ2v) is 8.78. The van der Waals surface area contributed by atoms with Gasteiger partial charge in [0.25, 0.3) is 0 Å². The van der Waals surface area contributed by atoms with Crippen LogP contribution in [0.5, 0.6) is 0 Å². The van der Waals surface area contributed by atoms with Crippen molar-refractivity contribution in [2.75, 3.05) is 7.05 Å². The third-order valence-electron chi connectivity index (χ3n) is 5.52. The minimum absolute atomic E-state index is 0.144. The number of amidine groups is 2. The summed E-state index contributed by atoms with van der Waals surface area (Å²) in [6.45, 7) is 11.3. The second-order valence-electron chi connectivity index (χ2n) is 8.78. The Morgan fingerprint density at radius 1 is 0.967 bits per heavy atom. The first-order valence-electron chi connectivity index (χ1n) is 11.0. The van der Waals surface area contributed by atoms with Crippen LogP contribution in [0.3, 0.4) is 0 Å². The van der Waals surface area contributed by atoms with Crippen molar-refractivity contribution < 1.29 is 0 Å². The molecule has 3 heteroatoms. The lowest BCUT2D eigenvalue weighted by Gasteiger charge is -2.34. The number of aliphatic imine (C=N–C) groups is 1. The quantitative estimate of drug-likeness (QED) is 0.303. The van der Waals surface area contributed by atoms with Crippen molar-refractivity contribution in [2.45, 2.75) is 59.9 Å². The summed E-state index contributed by atoms with van der Waals surface area (Å²) in [5.74, 6) is 1.14. The molecule has 1 atom stereocenters. The zero-order valence-electron chi connectivity index (χ0n) is 19.4. The largest absolute Gasteiger partial charge is 0.356 e. The number of allylic oxidation sites excluding steroid dienone is 1. The van der Waals surface area contributed by atoms with E-state index in [4.69, 9.17) is 10.4 Å². The smallest absolute Gasteiger partial charge is 0.154 e. The molecular weight excluding hydrogens is 366 g/mol. The van der Waals surface area contributed by atoms with Crippen LogP contribution in [0.15, 0.2) is 77.3 Å². The number of nitrogens with zero attached hydrogens (tertiary/aromatic N) is 2. The number of benzene rings is 2. The third kappa shape index (κ3) is 6.41. The molecule has 0 amide bonds. The van der Waals surface area contributed by atoms with Gasteiger partial charge in [-0.15, -0.1) is 0 Å². The molecule has 1 unspecified atom stereocenters. The minimum atomic E-state index is 0.144. The molecule has 2 aromatic carbocycles. The summed E-state index contributed by atoms with van der Waals surface area (Å²) in [5, 5.41) is 8.58. The van der Waals surface area contributed by atoms with Crippen LogP contribution in [0.1, 0.15) is 65.0 Å². The average molecular weight is 404 g/mol. The highest BCUT2D eigenvalue weighted by Gasteiger charge is 2.24. The van der Waals surface area contributed by atoms with Gasteiger partial charge in [-0.3, -0.25) is 5.41 Å². The van der Waals surface area contributed by atoms with Gasteiger partial charge < -0.3 is 4.90 Å². The zero-order chi connectivity index (χ0) is 22.1. The molecule has 0 aliphatic carbocycles. The number of hydrogen-bond acceptors (Lipinski definition) is 1. The predicted octanol–water partition coefficient (Wildman–Crippen LogP) is 6.94. The second kappa shape index (κ2) is 10.9. The van der Waals surface area contributed by atoms with Gasteiger partial charge in [0.2, 0.25) is 0 Å². The Labute approximate surface area is 183 Å². The van der Waals surface area contributed by atoms with E-state index in [0.29, 0.717) is 6.04 Å². The number of rotatable bonds is 7. The Hall–Kier alpha value is -2.68. The summed E-state index contributed by atoms with van der Waals surface area (Å²) in [7, 11) is 2.12. The fourth-order valence-electron chi connectivity index (χ4n) is 3.62. The standard InChI is InChI=1S/C27H37N3/c1-7-15-23(27(3,4)5)20-24(8-2)30(6)26(22-18-13-10-14-19-22)29-25(28)21-16-11-9-12-17-21/h9-19,24,28H,7-8,20H2,1-6H3/b23-15+,28-25?,29-26-. The van der Waals surface area contributed by atoms with Gasteiger partial charge in [-0.25, -0.2) is 4.99 Å². The van der Waals surface area contributed by atoms with Gasteiger partial charge in [0.15, 0.2) is 5.84 Å². The Balaban J connectivity index is 2.43. The molecule has 30 heavy (non-hydrogen) atoms. The summed E-state index contributed by atoms with van der Waals surface area (Å²) >= 11 is 0. The molecule has 0 spiro atoms. The van der Waals surface area contributed by atoms with E-state index in [-0.39, 0.29) is 11.3 Å². The van der Waals surface area contributed by atoms with E-state index in [1.54, 1.807) is 0 Å². The molecule has 0 bridgehead atoms. The van der Waals surface area contributed by atoms with E-state index < -0.39 is 0 Å². The highest BCUT2D eigenvalue weighted by Crippen LogP contribution is 2.31. The molecule has 0 saturated heterocycles. The van der Waals surface area contributed by atoms with Crippen LogP contribution in [0.2, 0.25) is 0 Å². The molecule has 2 aromatic rings. The molecule has 0 aliphatic heterocycles. The first kappa shape index (κ1) is 23.6. The molecule has 0 radical (unpaired) electrons. The molecule has 0 saturated carbocycles. The van der Waals surface area contributed by atoms with Gasteiger partial charge >= 0.3 is 0 Å². The molecule has 3 nitrogen and oxygen atoms in total. The summed E-state index contributed by atoms with van der Waals surface area (Å²) < 4.78 is 0. The number of nitrogens with one attached hydrogen (secondary N) is 1. The minimum Gasteiger partial charge on any atom is -0.356 e. The molecule has 2 rings (SSSR count). The van der Waals surface area contributed by atoms with Crippen LogP contribution in [0, 0.1) is 10.8 Å². The first-order valence-corrected chi connectivity index (χ1v) is 11.0. The third-order valence-corrected chi connectivity index (χ3v) is 5.52. The average Bonchev–Trinajstić information content (AvgIpc) is 2.74. The SMILES string of the molecule is CC/C=C(\CC(CC)N(C)/C(=N\C(=N)c1ccccc1)c1ccccc1)C(C)(C)C. The van der Waals surface area contributed by atoms with Gasteiger partial charge in [-0.1, -0.05) is 107 Å². The summed E-state index contributed by atoms with van der Waals surface area (Å²) in [6, 6.07) is 20.3. The van der Waals surface area contributed by atoms with Gasteiger partial charge in [0.1, 0.15) is 5.84 Å². The molecule has 0 fully saturated rings. The van der Waals surface area contributed by atoms with E-state index in [9.17, 15) is 0 Å². The van der Waals surface area contributed by atoms with Gasteiger partial charge in [-0.2, -0.15) is 0 Å². The molecular formula is C27H37N3. The zero-order valence-corrected chi connectivity index (χ0v) is 19.4.